The fourth-order valence-corrected chi connectivity index (χ4v) is 3.37. The molecule has 0 spiro atoms. The highest BCUT2D eigenvalue weighted by atomic mass is 16.2. The molecule has 6 nitrogen and oxygen atoms in total. The lowest BCUT2D eigenvalue weighted by Crippen LogP contribution is -2.45. The van der Waals surface area contributed by atoms with Gasteiger partial charge in [-0.05, 0) is 37.8 Å². The molecule has 0 aliphatic carbocycles. The molecule has 2 aromatic rings. The van der Waals surface area contributed by atoms with E-state index in [2.05, 4.69) is 10.6 Å². The van der Waals surface area contributed by atoms with E-state index in [0.717, 1.165) is 17.7 Å². The molecule has 0 aromatic heterocycles. The van der Waals surface area contributed by atoms with E-state index in [0.29, 0.717) is 5.56 Å². The van der Waals surface area contributed by atoms with Gasteiger partial charge in [0.1, 0.15) is 12.1 Å². The highest BCUT2D eigenvalue weighted by Gasteiger charge is 2.49. The van der Waals surface area contributed by atoms with Crippen molar-refractivity contribution in [3.8, 4) is 0 Å². The van der Waals surface area contributed by atoms with Crippen molar-refractivity contribution < 1.29 is 14.4 Å². The Hall–Kier alpha value is -3.15. The molecule has 0 bridgehead atoms. The quantitative estimate of drug-likeness (QED) is 0.726. The van der Waals surface area contributed by atoms with Gasteiger partial charge in [-0.25, -0.2) is 4.79 Å². The van der Waals surface area contributed by atoms with E-state index in [4.69, 9.17) is 0 Å². The third-order valence-electron chi connectivity index (χ3n) is 5.04. The standard InChI is InChI=1S/C22H25N3O3/c1-16(13-14-17-9-5-3-6-10-17)23-19(26)15-25-20(27)22(2,24-21(25)28)18-11-7-4-8-12-18/h3-12,16H,13-15H2,1-2H3,(H,23,26)(H,24,28)/t16-,22-/m1/s1. The lowest BCUT2D eigenvalue weighted by Gasteiger charge is -2.22. The minimum absolute atomic E-state index is 0.0611. The van der Waals surface area contributed by atoms with Crippen LogP contribution in [0.5, 0.6) is 0 Å². The van der Waals surface area contributed by atoms with Crippen LogP contribution in [0.3, 0.4) is 0 Å². The Morgan fingerprint density at radius 3 is 2.32 bits per heavy atom. The molecule has 28 heavy (non-hydrogen) atoms. The van der Waals surface area contributed by atoms with Crippen molar-refractivity contribution in [1.82, 2.24) is 15.5 Å². The minimum atomic E-state index is -1.16. The number of carbonyl (C=O) groups is 3. The summed E-state index contributed by atoms with van der Waals surface area (Å²) < 4.78 is 0. The van der Waals surface area contributed by atoms with Crippen molar-refractivity contribution in [2.45, 2.75) is 38.3 Å². The summed E-state index contributed by atoms with van der Waals surface area (Å²) in [6, 6.07) is 18.5. The zero-order valence-electron chi connectivity index (χ0n) is 16.1. The van der Waals surface area contributed by atoms with Crippen LogP contribution < -0.4 is 10.6 Å². The second-order valence-corrected chi connectivity index (χ2v) is 7.31. The van der Waals surface area contributed by atoms with Crippen LogP contribution in [0.2, 0.25) is 0 Å². The first kappa shape index (κ1) is 19.6. The highest BCUT2D eigenvalue weighted by Crippen LogP contribution is 2.28. The summed E-state index contributed by atoms with van der Waals surface area (Å²) in [4.78, 5) is 38.5. The molecule has 1 heterocycles. The van der Waals surface area contributed by atoms with Gasteiger partial charge in [0.15, 0.2) is 0 Å². The minimum Gasteiger partial charge on any atom is -0.352 e. The third-order valence-corrected chi connectivity index (χ3v) is 5.04. The van der Waals surface area contributed by atoms with Crippen molar-refractivity contribution in [3.63, 3.8) is 0 Å². The largest absolute Gasteiger partial charge is 0.352 e. The van der Waals surface area contributed by atoms with E-state index in [1.807, 2.05) is 55.5 Å². The van der Waals surface area contributed by atoms with Gasteiger partial charge in [-0.2, -0.15) is 0 Å². The lowest BCUT2D eigenvalue weighted by molar-refractivity contribution is -0.135. The summed E-state index contributed by atoms with van der Waals surface area (Å²) in [5.41, 5.74) is 0.737. The molecule has 0 radical (unpaired) electrons. The first-order valence-corrected chi connectivity index (χ1v) is 9.43. The maximum Gasteiger partial charge on any atom is 0.325 e. The van der Waals surface area contributed by atoms with Gasteiger partial charge < -0.3 is 10.6 Å². The maximum absolute atomic E-state index is 12.8. The number of benzene rings is 2. The van der Waals surface area contributed by atoms with E-state index in [1.165, 1.54) is 5.56 Å². The molecule has 2 atom stereocenters. The number of nitrogens with one attached hydrogen (secondary N) is 2. The number of imide groups is 1. The zero-order valence-corrected chi connectivity index (χ0v) is 16.1. The number of amides is 4. The SMILES string of the molecule is C[C@H](CCc1ccccc1)NC(=O)CN1C(=O)N[C@](C)(c2ccccc2)C1=O. The predicted molar refractivity (Wildman–Crippen MR) is 106 cm³/mol. The number of rotatable bonds is 7. The van der Waals surface area contributed by atoms with Gasteiger partial charge in [0.25, 0.3) is 5.91 Å². The normalized spacial score (nSPS) is 20.0. The van der Waals surface area contributed by atoms with Crippen LogP contribution >= 0.6 is 0 Å². The average Bonchev–Trinajstić information content (AvgIpc) is 2.92. The molecule has 1 aliphatic rings. The number of nitrogens with zero attached hydrogens (tertiary/aromatic N) is 1. The molecular formula is C22H25N3O3. The van der Waals surface area contributed by atoms with Crippen LogP contribution in [0.15, 0.2) is 60.7 Å². The van der Waals surface area contributed by atoms with Gasteiger partial charge in [-0.3, -0.25) is 14.5 Å². The van der Waals surface area contributed by atoms with Gasteiger partial charge in [0.05, 0.1) is 0 Å². The maximum atomic E-state index is 12.8. The van der Waals surface area contributed by atoms with Gasteiger partial charge in [0, 0.05) is 6.04 Å². The van der Waals surface area contributed by atoms with Gasteiger partial charge in [-0.15, -0.1) is 0 Å². The van der Waals surface area contributed by atoms with Crippen LogP contribution in [0.4, 0.5) is 4.79 Å². The first-order valence-electron chi connectivity index (χ1n) is 9.43. The fourth-order valence-electron chi connectivity index (χ4n) is 3.37. The fraction of sp³-hybridized carbons (Fsp3) is 0.318. The number of hydrogen-bond acceptors (Lipinski definition) is 3. The summed E-state index contributed by atoms with van der Waals surface area (Å²) in [6.45, 7) is 3.28. The molecule has 2 N–H and O–H groups in total. The number of carbonyl (C=O) groups excluding carboxylic acids is 3. The molecule has 0 unspecified atom stereocenters. The molecule has 3 rings (SSSR count). The summed E-state index contributed by atoms with van der Waals surface area (Å²) in [6.07, 6.45) is 1.62. The molecule has 1 saturated heterocycles. The van der Waals surface area contributed by atoms with E-state index in [1.54, 1.807) is 19.1 Å². The highest BCUT2D eigenvalue weighted by molar-refractivity contribution is 6.09. The summed E-state index contributed by atoms with van der Waals surface area (Å²) >= 11 is 0. The summed E-state index contributed by atoms with van der Waals surface area (Å²) in [5.74, 6) is -0.767. The number of aryl methyl sites for hydroxylation is 1. The van der Waals surface area contributed by atoms with E-state index < -0.39 is 17.5 Å². The van der Waals surface area contributed by atoms with Crippen LogP contribution in [0, 0.1) is 0 Å². The molecular weight excluding hydrogens is 354 g/mol. The Labute approximate surface area is 164 Å². The monoisotopic (exact) mass is 379 g/mol. The molecule has 146 valence electrons. The van der Waals surface area contributed by atoms with Gasteiger partial charge >= 0.3 is 6.03 Å². The van der Waals surface area contributed by atoms with E-state index >= 15 is 0 Å². The topological polar surface area (TPSA) is 78.5 Å². The van der Waals surface area contributed by atoms with Crippen LogP contribution in [-0.4, -0.2) is 35.3 Å². The second kappa shape index (κ2) is 8.25. The molecule has 1 fully saturated rings. The molecule has 6 heteroatoms. The Morgan fingerprint density at radius 1 is 1.07 bits per heavy atom. The van der Waals surface area contributed by atoms with E-state index in [-0.39, 0.29) is 18.5 Å². The molecule has 1 aliphatic heterocycles. The molecule has 0 saturated carbocycles. The van der Waals surface area contributed by atoms with Crippen LogP contribution in [0.25, 0.3) is 0 Å². The van der Waals surface area contributed by atoms with Gasteiger partial charge in [0.2, 0.25) is 5.91 Å². The van der Waals surface area contributed by atoms with Crippen LogP contribution in [-0.2, 0) is 21.5 Å². The molecule has 2 aromatic carbocycles. The smallest absolute Gasteiger partial charge is 0.325 e. The van der Waals surface area contributed by atoms with Crippen molar-refractivity contribution in [2.24, 2.45) is 0 Å². The molecule has 4 amide bonds. The van der Waals surface area contributed by atoms with E-state index in [9.17, 15) is 14.4 Å². The Bertz CT molecular complexity index is 854. The summed E-state index contributed by atoms with van der Waals surface area (Å²) in [5, 5.41) is 5.58. The zero-order chi connectivity index (χ0) is 20.1. The second-order valence-electron chi connectivity index (χ2n) is 7.31. The summed E-state index contributed by atoms with van der Waals surface area (Å²) in [7, 11) is 0. The Kier molecular flexibility index (Phi) is 5.78. The van der Waals surface area contributed by atoms with Crippen molar-refractivity contribution in [2.75, 3.05) is 6.54 Å². The third kappa shape index (κ3) is 4.22. The Balaban J connectivity index is 1.56. The van der Waals surface area contributed by atoms with Crippen LogP contribution in [0.1, 0.15) is 31.4 Å². The van der Waals surface area contributed by atoms with Crippen molar-refractivity contribution in [3.05, 3.63) is 71.8 Å². The average molecular weight is 379 g/mol. The number of hydrogen-bond donors (Lipinski definition) is 2. The number of urea groups is 1. The lowest BCUT2D eigenvalue weighted by atomic mass is 9.92. The Morgan fingerprint density at radius 2 is 1.68 bits per heavy atom. The van der Waals surface area contributed by atoms with Crippen molar-refractivity contribution >= 4 is 17.8 Å². The van der Waals surface area contributed by atoms with Crippen molar-refractivity contribution in [1.29, 1.82) is 0 Å². The predicted octanol–water partition coefficient (Wildman–Crippen LogP) is 2.59. The van der Waals surface area contributed by atoms with Gasteiger partial charge in [-0.1, -0.05) is 60.7 Å². The first-order chi connectivity index (χ1) is 13.4.